The van der Waals surface area contributed by atoms with Crippen molar-refractivity contribution in [1.29, 1.82) is 0 Å². The summed E-state index contributed by atoms with van der Waals surface area (Å²) in [6.45, 7) is 4.43. The van der Waals surface area contributed by atoms with Crippen molar-refractivity contribution in [2.45, 2.75) is 38.6 Å². The number of nitrogens with two attached hydrogens (primary N) is 1. The van der Waals surface area contributed by atoms with Crippen LogP contribution in [-0.4, -0.2) is 5.54 Å². The van der Waals surface area contributed by atoms with Gasteiger partial charge in [0.2, 0.25) is 0 Å². The van der Waals surface area contributed by atoms with Crippen molar-refractivity contribution in [2.75, 3.05) is 0 Å². The van der Waals surface area contributed by atoms with Gasteiger partial charge < -0.3 is 5.73 Å². The predicted molar refractivity (Wildman–Crippen MR) is 35.6 cm³/mol. The van der Waals surface area contributed by atoms with E-state index in [0.717, 1.165) is 5.92 Å². The predicted octanol–water partition coefficient (Wildman–Crippen LogP) is 1.52. The number of rotatable bonds is 0. The summed E-state index contributed by atoms with van der Waals surface area (Å²) in [5, 5.41) is 0. The monoisotopic (exact) mass is 113 g/mol. The Hall–Kier alpha value is -0.0400. The lowest BCUT2D eigenvalue weighted by atomic mass is 10.0. The molecule has 1 heteroatoms. The van der Waals surface area contributed by atoms with Gasteiger partial charge in [-0.2, -0.15) is 0 Å². The number of hydrogen-bond donors (Lipinski definition) is 1. The van der Waals surface area contributed by atoms with Crippen molar-refractivity contribution in [2.24, 2.45) is 11.7 Å². The van der Waals surface area contributed by atoms with Gasteiger partial charge in [0.15, 0.2) is 0 Å². The van der Waals surface area contributed by atoms with Gasteiger partial charge in [-0.25, -0.2) is 0 Å². The second-order valence-electron chi connectivity index (χ2n) is 3.50. The van der Waals surface area contributed by atoms with Crippen LogP contribution in [0.2, 0.25) is 0 Å². The number of hydrogen-bond acceptors (Lipinski definition) is 1. The molecule has 8 heavy (non-hydrogen) atoms. The SMILES string of the molecule is C[C@H]1CC[C@@](C)(N)C1. The maximum absolute atomic E-state index is 5.87. The van der Waals surface area contributed by atoms with E-state index >= 15 is 0 Å². The Kier molecular flexibility index (Phi) is 1.31. The van der Waals surface area contributed by atoms with E-state index in [9.17, 15) is 0 Å². The Morgan fingerprint density at radius 3 is 2.38 bits per heavy atom. The Morgan fingerprint density at radius 2 is 2.25 bits per heavy atom. The van der Waals surface area contributed by atoms with Crippen LogP contribution in [0.25, 0.3) is 0 Å². The molecule has 0 aliphatic heterocycles. The molecule has 0 unspecified atom stereocenters. The summed E-state index contributed by atoms with van der Waals surface area (Å²) in [6.07, 6.45) is 3.76. The molecule has 1 aliphatic carbocycles. The minimum atomic E-state index is 0.166. The first kappa shape index (κ1) is 6.09. The van der Waals surface area contributed by atoms with Crippen molar-refractivity contribution in [3.05, 3.63) is 0 Å². The molecule has 1 saturated carbocycles. The molecule has 0 saturated heterocycles. The first-order valence-corrected chi connectivity index (χ1v) is 3.39. The molecule has 0 radical (unpaired) electrons. The third-order valence-corrected chi connectivity index (χ3v) is 2.02. The van der Waals surface area contributed by atoms with E-state index in [4.69, 9.17) is 5.73 Å². The van der Waals surface area contributed by atoms with E-state index in [1.54, 1.807) is 0 Å². The van der Waals surface area contributed by atoms with E-state index in [2.05, 4.69) is 13.8 Å². The van der Waals surface area contributed by atoms with Crippen molar-refractivity contribution < 1.29 is 0 Å². The summed E-state index contributed by atoms with van der Waals surface area (Å²) in [4.78, 5) is 0. The highest BCUT2D eigenvalue weighted by molar-refractivity contribution is 4.87. The van der Waals surface area contributed by atoms with Crippen LogP contribution in [0.4, 0.5) is 0 Å². The average molecular weight is 113 g/mol. The van der Waals surface area contributed by atoms with Gasteiger partial charge in [-0.3, -0.25) is 0 Å². The van der Waals surface area contributed by atoms with E-state index < -0.39 is 0 Å². The molecule has 1 fully saturated rings. The molecule has 0 amide bonds. The molecule has 48 valence electrons. The van der Waals surface area contributed by atoms with Gasteiger partial charge in [0.25, 0.3) is 0 Å². The van der Waals surface area contributed by atoms with Gasteiger partial charge in [-0.1, -0.05) is 6.92 Å². The molecule has 2 atom stereocenters. The molecule has 0 spiro atoms. The van der Waals surface area contributed by atoms with Crippen molar-refractivity contribution in [1.82, 2.24) is 0 Å². The van der Waals surface area contributed by atoms with E-state index in [0.29, 0.717) is 0 Å². The Bertz CT molecular complexity index is 86.4. The largest absolute Gasteiger partial charge is 0.325 e. The van der Waals surface area contributed by atoms with Crippen LogP contribution < -0.4 is 5.73 Å². The highest BCUT2D eigenvalue weighted by Gasteiger charge is 2.28. The summed E-state index contributed by atoms with van der Waals surface area (Å²) in [7, 11) is 0. The lowest BCUT2D eigenvalue weighted by Gasteiger charge is -2.15. The smallest absolute Gasteiger partial charge is 0.0128 e. The van der Waals surface area contributed by atoms with Crippen LogP contribution in [0.15, 0.2) is 0 Å². The first-order chi connectivity index (χ1) is 3.60. The minimum Gasteiger partial charge on any atom is -0.325 e. The normalized spacial score (nSPS) is 47.6. The summed E-state index contributed by atoms with van der Waals surface area (Å²) >= 11 is 0. The molecule has 0 heterocycles. The zero-order chi connectivity index (χ0) is 6.20. The second kappa shape index (κ2) is 1.73. The van der Waals surface area contributed by atoms with E-state index in [1.807, 2.05) is 0 Å². The fraction of sp³-hybridized carbons (Fsp3) is 1.00. The second-order valence-corrected chi connectivity index (χ2v) is 3.50. The van der Waals surface area contributed by atoms with Crippen LogP contribution in [0.3, 0.4) is 0 Å². The zero-order valence-corrected chi connectivity index (χ0v) is 5.78. The molecule has 0 aromatic heterocycles. The molecule has 1 aliphatic rings. The average Bonchev–Trinajstić information content (AvgIpc) is 1.82. The van der Waals surface area contributed by atoms with Gasteiger partial charge in [0, 0.05) is 5.54 Å². The van der Waals surface area contributed by atoms with Gasteiger partial charge >= 0.3 is 0 Å². The molecule has 0 aromatic carbocycles. The third kappa shape index (κ3) is 1.22. The van der Waals surface area contributed by atoms with E-state index in [-0.39, 0.29) is 5.54 Å². The first-order valence-electron chi connectivity index (χ1n) is 3.39. The molecule has 0 bridgehead atoms. The maximum atomic E-state index is 5.87. The van der Waals surface area contributed by atoms with Crippen LogP contribution in [0, 0.1) is 5.92 Å². The maximum Gasteiger partial charge on any atom is 0.0128 e. The fourth-order valence-corrected chi connectivity index (χ4v) is 1.58. The molecule has 0 aromatic rings. The lowest BCUT2D eigenvalue weighted by molar-refractivity contribution is 0.464. The van der Waals surface area contributed by atoms with E-state index in [1.165, 1.54) is 19.3 Å². The standard InChI is InChI=1S/C7H15N/c1-6-3-4-7(2,8)5-6/h6H,3-5,8H2,1-2H3/t6-,7+/m0/s1. The van der Waals surface area contributed by atoms with Gasteiger partial charge in [0.1, 0.15) is 0 Å². The van der Waals surface area contributed by atoms with Crippen LogP contribution in [0.1, 0.15) is 33.1 Å². The van der Waals surface area contributed by atoms with Crippen molar-refractivity contribution in [3.63, 3.8) is 0 Å². The molecule has 1 nitrogen and oxygen atoms in total. The Balaban J connectivity index is 2.44. The zero-order valence-electron chi connectivity index (χ0n) is 5.78. The third-order valence-electron chi connectivity index (χ3n) is 2.02. The minimum absolute atomic E-state index is 0.166. The molecular formula is C7H15N. The van der Waals surface area contributed by atoms with Crippen LogP contribution in [-0.2, 0) is 0 Å². The fourth-order valence-electron chi connectivity index (χ4n) is 1.58. The van der Waals surface area contributed by atoms with Gasteiger partial charge in [-0.05, 0) is 32.1 Å². The topological polar surface area (TPSA) is 26.0 Å². The summed E-state index contributed by atoms with van der Waals surface area (Å²) in [6, 6.07) is 0. The Morgan fingerprint density at radius 1 is 1.62 bits per heavy atom. The summed E-state index contributed by atoms with van der Waals surface area (Å²) < 4.78 is 0. The highest BCUT2D eigenvalue weighted by Crippen LogP contribution is 2.31. The van der Waals surface area contributed by atoms with Crippen molar-refractivity contribution >= 4 is 0 Å². The highest BCUT2D eigenvalue weighted by atomic mass is 14.7. The molecule has 2 N–H and O–H groups in total. The molecule has 1 rings (SSSR count). The summed E-state index contributed by atoms with van der Waals surface area (Å²) in [5.74, 6) is 0.866. The van der Waals surface area contributed by atoms with Crippen LogP contribution in [0.5, 0.6) is 0 Å². The Labute approximate surface area is 51.3 Å². The summed E-state index contributed by atoms with van der Waals surface area (Å²) in [5.41, 5.74) is 6.03. The van der Waals surface area contributed by atoms with Gasteiger partial charge in [-0.15, -0.1) is 0 Å². The molecular weight excluding hydrogens is 98.1 g/mol. The van der Waals surface area contributed by atoms with Crippen LogP contribution >= 0.6 is 0 Å². The lowest BCUT2D eigenvalue weighted by Crippen LogP contribution is -2.32. The van der Waals surface area contributed by atoms with Gasteiger partial charge in [0.05, 0.1) is 0 Å². The van der Waals surface area contributed by atoms with Crippen molar-refractivity contribution in [3.8, 4) is 0 Å². The quantitative estimate of drug-likeness (QED) is 0.506.